The number of rotatable bonds is 3. The fraction of sp³-hybridized carbons (Fsp3) is 0.211. The highest BCUT2D eigenvalue weighted by Gasteiger charge is 2.20. The summed E-state index contributed by atoms with van der Waals surface area (Å²) in [5.74, 6) is 0.787. The normalized spacial score (nSPS) is 14.3. The van der Waals surface area contributed by atoms with Crippen LogP contribution in [0.2, 0.25) is 10.2 Å². The molecule has 1 aromatic carbocycles. The summed E-state index contributed by atoms with van der Waals surface area (Å²) < 4.78 is 0. The first kappa shape index (κ1) is 16.5. The predicted molar refractivity (Wildman–Crippen MR) is 99.5 cm³/mol. The lowest BCUT2D eigenvalue weighted by atomic mass is 10.1. The molecule has 25 heavy (non-hydrogen) atoms. The van der Waals surface area contributed by atoms with Crippen LogP contribution in [-0.4, -0.2) is 26.4 Å². The fourth-order valence-corrected chi connectivity index (χ4v) is 3.40. The summed E-state index contributed by atoms with van der Waals surface area (Å²) in [6, 6.07) is 11.9. The molecular weight excluding hydrogens is 355 g/mol. The summed E-state index contributed by atoms with van der Waals surface area (Å²) in [4.78, 5) is 15.7. The SMILES string of the molecule is Clc1cnc(Cl)c(CN2CCc3nc(-c4ccccc4)ncc3C2)c1. The first-order valence-electron chi connectivity index (χ1n) is 8.11. The van der Waals surface area contributed by atoms with Gasteiger partial charge in [-0.15, -0.1) is 0 Å². The van der Waals surface area contributed by atoms with Crippen LogP contribution in [0.1, 0.15) is 16.8 Å². The van der Waals surface area contributed by atoms with E-state index in [4.69, 9.17) is 28.2 Å². The summed E-state index contributed by atoms with van der Waals surface area (Å²) in [6.07, 6.45) is 4.40. The van der Waals surface area contributed by atoms with E-state index in [1.165, 1.54) is 0 Å². The Morgan fingerprint density at radius 2 is 1.88 bits per heavy atom. The van der Waals surface area contributed by atoms with Crippen molar-refractivity contribution in [3.8, 4) is 11.4 Å². The molecular formula is C19H16Cl2N4. The molecule has 3 heterocycles. The number of nitrogens with zero attached hydrogens (tertiary/aromatic N) is 4. The molecule has 1 aliphatic heterocycles. The molecule has 0 N–H and O–H groups in total. The van der Waals surface area contributed by atoms with Crippen LogP contribution in [0.25, 0.3) is 11.4 Å². The van der Waals surface area contributed by atoms with Crippen molar-refractivity contribution in [3.05, 3.63) is 75.8 Å². The molecule has 0 spiro atoms. The molecule has 0 saturated carbocycles. The minimum absolute atomic E-state index is 0.505. The minimum atomic E-state index is 0.505. The summed E-state index contributed by atoms with van der Waals surface area (Å²) in [5, 5.41) is 1.11. The molecule has 0 atom stereocenters. The lowest BCUT2D eigenvalue weighted by molar-refractivity contribution is 0.243. The van der Waals surface area contributed by atoms with Gasteiger partial charge in [-0.2, -0.15) is 0 Å². The van der Waals surface area contributed by atoms with Crippen molar-refractivity contribution < 1.29 is 0 Å². The lowest BCUT2D eigenvalue weighted by Crippen LogP contribution is -2.31. The number of hydrogen-bond acceptors (Lipinski definition) is 4. The van der Waals surface area contributed by atoms with Gasteiger partial charge in [0.2, 0.25) is 0 Å². The van der Waals surface area contributed by atoms with Gasteiger partial charge in [0, 0.05) is 55.1 Å². The molecule has 0 radical (unpaired) electrons. The largest absolute Gasteiger partial charge is 0.294 e. The monoisotopic (exact) mass is 370 g/mol. The molecule has 126 valence electrons. The second-order valence-corrected chi connectivity index (χ2v) is 6.89. The van der Waals surface area contributed by atoms with Gasteiger partial charge in [-0.3, -0.25) is 4.90 Å². The Morgan fingerprint density at radius 1 is 1.04 bits per heavy atom. The Balaban J connectivity index is 1.53. The van der Waals surface area contributed by atoms with E-state index in [1.807, 2.05) is 42.6 Å². The Morgan fingerprint density at radius 3 is 2.72 bits per heavy atom. The standard InChI is InChI=1S/C19H16Cl2N4/c20-16-8-14(18(21)22-10-16)11-25-7-6-17-15(12-25)9-23-19(24-17)13-4-2-1-3-5-13/h1-5,8-10H,6-7,11-12H2. The average molecular weight is 371 g/mol. The number of pyridine rings is 1. The molecule has 0 bridgehead atoms. The van der Waals surface area contributed by atoms with E-state index in [1.54, 1.807) is 6.20 Å². The number of benzene rings is 1. The van der Waals surface area contributed by atoms with Crippen molar-refractivity contribution in [2.75, 3.05) is 6.54 Å². The van der Waals surface area contributed by atoms with Gasteiger partial charge in [-0.25, -0.2) is 15.0 Å². The topological polar surface area (TPSA) is 41.9 Å². The Hall–Kier alpha value is -2.01. The third-order valence-corrected chi connectivity index (χ3v) is 4.86. The van der Waals surface area contributed by atoms with Gasteiger partial charge < -0.3 is 0 Å². The maximum Gasteiger partial charge on any atom is 0.159 e. The first-order chi connectivity index (χ1) is 12.2. The highest BCUT2D eigenvalue weighted by atomic mass is 35.5. The fourth-order valence-electron chi connectivity index (χ4n) is 3.05. The Bertz CT molecular complexity index is 899. The summed E-state index contributed by atoms with van der Waals surface area (Å²) in [7, 11) is 0. The van der Waals surface area contributed by atoms with Crippen LogP contribution in [0.3, 0.4) is 0 Å². The Labute approximate surface area is 156 Å². The van der Waals surface area contributed by atoms with Crippen LogP contribution < -0.4 is 0 Å². The molecule has 0 fully saturated rings. The maximum atomic E-state index is 6.18. The molecule has 6 heteroatoms. The van der Waals surface area contributed by atoms with Gasteiger partial charge in [-0.1, -0.05) is 53.5 Å². The van der Waals surface area contributed by atoms with Crippen molar-refractivity contribution in [2.24, 2.45) is 0 Å². The zero-order valence-corrected chi connectivity index (χ0v) is 15.0. The van der Waals surface area contributed by atoms with E-state index in [0.29, 0.717) is 16.7 Å². The van der Waals surface area contributed by atoms with Gasteiger partial charge in [-0.05, 0) is 6.07 Å². The van der Waals surface area contributed by atoms with Crippen molar-refractivity contribution >= 4 is 23.2 Å². The van der Waals surface area contributed by atoms with Crippen LogP contribution in [0.5, 0.6) is 0 Å². The second-order valence-electron chi connectivity index (χ2n) is 6.10. The zero-order chi connectivity index (χ0) is 17.2. The predicted octanol–water partition coefficient (Wildman–Crippen LogP) is 4.40. The first-order valence-corrected chi connectivity index (χ1v) is 8.87. The van der Waals surface area contributed by atoms with Gasteiger partial charge in [0.15, 0.2) is 5.82 Å². The molecule has 2 aromatic heterocycles. The van der Waals surface area contributed by atoms with Crippen molar-refractivity contribution in [1.82, 2.24) is 19.9 Å². The maximum absolute atomic E-state index is 6.18. The summed E-state index contributed by atoms with van der Waals surface area (Å²) in [6.45, 7) is 2.43. The molecule has 4 nitrogen and oxygen atoms in total. The van der Waals surface area contributed by atoms with Crippen LogP contribution in [0, 0.1) is 0 Å². The summed E-state index contributed by atoms with van der Waals surface area (Å²) >= 11 is 12.2. The number of halogens is 2. The molecule has 3 aromatic rings. The van der Waals surface area contributed by atoms with Crippen molar-refractivity contribution in [2.45, 2.75) is 19.5 Å². The highest BCUT2D eigenvalue weighted by molar-refractivity contribution is 6.32. The van der Waals surface area contributed by atoms with Crippen LogP contribution in [-0.2, 0) is 19.5 Å². The Kier molecular flexibility index (Phi) is 4.66. The van der Waals surface area contributed by atoms with E-state index >= 15 is 0 Å². The third kappa shape index (κ3) is 3.66. The van der Waals surface area contributed by atoms with Gasteiger partial charge >= 0.3 is 0 Å². The smallest absolute Gasteiger partial charge is 0.159 e. The zero-order valence-electron chi connectivity index (χ0n) is 13.5. The molecule has 0 aliphatic carbocycles. The van der Waals surface area contributed by atoms with E-state index in [-0.39, 0.29) is 0 Å². The quantitative estimate of drug-likeness (QED) is 0.640. The minimum Gasteiger partial charge on any atom is -0.294 e. The summed E-state index contributed by atoms with van der Waals surface area (Å²) in [5.41, 5.74) is 4.28. The molecule has 1 aliphatic rings. The third-order valence-electron chi connectivity index (χ3n) is 4.32. The van der Waals surface area contributed by atoms with Crippen LogP contribution in [0.4, 0.5) is 0 Å². The van der Waals surface area contributed by atoms with E-state index in [9.17, 15) is 0 Å². The second kappa shape index (κ2) is 7.08. The molecule has 4 rings (SSSR count). The van der Waals surface area contributed by atoms with Gasteiger partial charge in [0.25, 0.3) is 0 Å². The van der Waals surface area contributed by atoms with Crippen LogP contribution >= 0.6 is 23.2 Å². The molecule has 0 amide bonds. The van der Waals surface area contributed by atoms with Crippen molar-refractivity contribution in [3.63, 3.8) is 0 Å². The number of fused-ring (bicyclic) bond motifs is 1. The molecule has 0 unspecified atom stereocenters. The van der Waals surface area contributed by atoms with Crippen LogP contribution in [0.15, 0.2) is 48.8 Å². The van der Waals surface area contributed by atoms with E-state index in [0.717, 1.165) is 47.7 Å². The van der Waals surface area contributed by atoms with Gasteiger partial charge in [0.05, 0.1) is 10.7 Å². The number of hydrogen-bond donors (Lipinski definition) is 0. The molecule has 0 saturated heterocycles. The van der Waals surface area contributed by atoms with Gasteiger partial charge in [0.1, 0.15) is 5.15 Å². The number of aromatic nitrogens is 3. The highest BCUT2D eigenvalue weighted by Crippen LogP contribution is 2.24. The average Bonchev–Trinajstić information content (AvgIpc) is 2.65. The van der Waals surface area contributed by atoms with E-state index in [2.05, 4.69) is 14.9 Å². The lowest BCUT2D eigenvalue weighted by Gasteiger charge is -2.28. The van der Waals surface area contributed by atoms with E-state index < -0.39 is 0 Å². The van der Waals surface area contributed by atoms with Crippen molar-refractivity contribution in [1.29, 1.82) is 0 Å².